The molecule has 0 spiro atoms. The fourth-order valence-corrected chi connectivity index (χ4v) is 3.62. The van der Waals surface area contributed by atoms with Gasteiger partial charge in [-0.2, -0.15) is 4.98 Å². The van der Waals surface area contributed by atoms with Crippen LogP contribution in [0.2, 0.25) is 0 Å². The van der Waals surface area contributed by atoms with Crippen LogP contribution < -0.4 is 11.1 Å². The zero-order valence-electron chi connectivity index (χ0n) is 15.8. The lowest BCUT2D eigenvalue weighted by molar-refractivity contribution is 0.628. The van der Waals surface area contributed by atoms with E-state index in [2.05, 4.69) is 20.4 Å². The summed E-state index contributed by atoms with van der Waals surface area (Å²) >= 11 is 0. The largest absolute Gasteiger partial charge is 0.404 e. The first-order valence-corrected chi connectivity index (χ1v) is 9.50. The summed E-state index contributed by atoms with van der Waals surface area (Å²) in [4.78, 5) is 9.22. The third-order valence-corrected chi connectivity index (χ3v) is 4.97. The molecule has 1 aliphatic carbocycles. The lowest BCUT2D eigenvalue weighted by atomic mass is 9.89. The van der Waals surface area contributed by atoms with Crippen molar-refractivity contribution in [1.29, 1.82) is 0 Å². The zero-order chi connectivity index (χ0) is 19.5. The summed E-state index contributed by atoms with van der Waals surface area (Å²) in [6.45, 7) is 2.80. The highest BCUT2D eigenvalue weighted by molar-refractivity contribution is 6.01. The maximum absolute atomic E-state index is 13.3. The first kappa shape index (κ1) is 18.2. The Hall–Kier alpha value is -3.22. The molecule has 28 heavy (non-hydrogen) atoms. The molecule has 3 aromatic rings. The number of rotatable bonds is 4. The zero-order valence-corrected chi connectivity index (χ0v) is 15.8. The standard InChI is InChI=1S/C21H23FN6/c1-2-24-19-10-9-17(12-15(19)13-23)25-21-26-20-18(4-3-11-28(20)27-21)14-5-7-16(22)8-6-14/h3-8,11,13,17H,2,9-10,12,23H2,1H3,(H,25,27). The Bertz CT molecular complexity index is 1030. The van der Waals surface area contributed by atoms with Crippen LogP contribution in [0, 0.1) is 5.82 Å². The van der Waals surface area contributed by atoms with Gasteiger partial charge in [0.1, 0.15) is 5.82 Å². The van der Waals surface area contributed by atoms with E-state index in [4.69, 9.17) is 5.73 Å². The molecule has 6 nitrogen and oxygen atoms in total. The number of hydrogen-bond donors (Lipinski definition) is 2. The summed E-state index contributed by atoms with van der Waals surface area (Å²) in [6.07, 6.45) is 6.17. The number of nitrogens with one attached hydrogen (secondary N) is 1. The van der Waals surface area contributed by atoms with Crippen LogP contribution in [0.15, 0.2) is 59.4 Å². The van der Waals surface area contributed by atoms with Gasteiger partial charge >= 0.3 is 0 Å². The Morgan fingerprint density at radius 3 is 2.89 bits per heavy atom. The van der Waals surface area contributed by atoms with E-state index < -0.39 is 0 Å². The average Bonchev–Trinajstić information content (AvgIpc) is 3.12. The molecule has 1 atom stereocenters. The second-order valence-electron chi connectivity index (χ2n) is 6.83. The monoisotopic (exact) mass is 378 g/mol. The summed E-state index contributed by atoms with van der Waals surface area (Å²) in [6, 6.07) is 10.5. The van der Waals surface area contributed by atoms with Crippen molar-refractivity contribution in [2.75, 3.05) is 11.9 Å². The van der Waals surface area contributed by atoms with E-state index >= 15 is 0 Å². The maximum Gasteiger partial charge on any atom is 0.243 e. The molecular weight excluding hydrogens is 355 g/mol. The van der Waals surface area contributed by atoms with Gasteiger partial charge in [0.2, 0.25) is 5.95 Å². The summed E-state index contributed by atoms with van der Waals surface area (Å²) in [5, 5.41) is 7.99. The fourth-order valence-electron chi connectivity index (χ4n) is 3.62. The Kier molecular flexibility index (Phi) is 5.06. The molecule has 1 unspecified atom stereocenters. The molecule has 1 fully saturated rings. The minimum atomic E-state index is -0.258. The van der Waals surface area contributed by atoms with E-state index in [9.17, 15) is 4.39 Å². The van der Waals surface area contributed by atoms with Crippen LogP contribution in [-0.2, 0) is 0 Å². The molecule has 3 N–H and O–H groups in total. The third kappa shape index (κ3) is 3.60. The summed E-state index contributed by atoms with van der Waals surface area (Å²) in [5.74, 6) is 0.318. The summed E-state index contributed by atoms with van der Waals surface area (Å²) in [7, 11) is 0. The van der Waals surface area contributed by atoms with E-state index in [-0.39, 0.29) is 11.9 Å². The third-order valence-electron chi connectivity index (χ3n) is 4.97. The molecule has 4 rings (SSSR count). The Morgan fingerprint density at radius 1 is 1.32 bits per heavy atom. The minimum absolute atomic E-state index is 0.206. The average molecular weight is 378 g/mol. The summed E-state index contributed by atoms with van der Waals surface area (Å²) < 4.78 is 15.0. The Labute approximate surface area is 163 Å². The fraction of sp³-hybridized carbons (Fsp3) is 0.286. The van der Waals surface area contributed by atoms with Crippen molar-refractivity contribution in [2.45, 2.75) is 32.2 Å². The van der Waals surface area contributed by atoms with Gasteiger partial charge in [-0.15, -0.1) is 5.10 Å². The van der Waals surface area contributed by atoms with Gasteiger partial charge in [0.05, 0.1) is 0 Å². The van der Waals surface area contributed by atoms with Gasteiger partial charge in [-0.1, -0.05) is 12.1 Å². The van der Waals surface area contributed by atoms with Gasteiger partial charge in [-0.3, -0.25) is 4.99 Å². The van der Waals surface area contributed by atoms with Crippen LogP contribution in [-0.4, -0.2) is 32.9 Å². The van der Waals surface area contributed by atoms with Gasteiger partial charge in [-0.05, 0) is 67.8 Å². The maximum atomic E-state index is 13.3. The van der Waals surface area contributed by atoms with Crippen LogP contribution in [0.3, 0.4) is 0 Å². The van der Waals surface area contributed by atoms with Gasteiger partial charge in [0.15, 0.2) is 5.65 Å². The van der Waals surface area contributed by atoms with Crippen molar-refractivity contribution in [3.05, 3.63) is 60.2 Å². The summed E-state index contributed by atoms with van der Waals surface area (Å²) in [5.41, 5.74) is 10.5. The number of anilines is 1. The van der Waals surface area contributed by atoms with Crippen molar-refractivity contribution >= 4 is 17.3 Å². The first-order valence-electron chi connectivity index (χ1n) is 9.50. The van der Waals surface area contributed by atoms with Crippen LogP contribution >= 0.6 is 0 Å². The van der Waals surface area contributed by atoms with Crippen molar-refractivity contribution in [1.82, 2.24) is 14.6 Å². The predicted molar refractivity (Wildman–Crippen MR) is 110 cm³/mol. The van der Waals surface area contributed by atoms with Gasteiger partial charge in [0.25, 0.3) is 0 Å². The molecule has 2 aromatic heterocycles. The van der Waals surface area contributed by atoms with E-state index in [1.165, 1.54) is 12.1 Å². The first-order chi connectivity index (χ1) is 13.7. The number of nitrogens with zero attached hydrogens (tertiary/aromatic N) is 4. The Morgan fingerprint density at radius 2 is 2.14 bits per heavy atom. The van der Waals surface area contributed by atoms with Crippen LogP contribution in [0.1, 0.15) is 26.2 Å². The highest BCUT2D eigenvalue weighted by Gasteiger charge is 2.23. The second-order valence-corrected chi connectivity index (χ2v) is 6.83. The molecule has 144 valence electrons. The number of pyridine rings is 1. The number of benzene rings is 1. The molecule has 2 heterocycles. The van der Waals surface area contributed by atoms with Gasteiger partial charge in [-0.25, -0.2) is 8.91 Å². The molecular formula is C21H23FN6. The Balaban J connectivity index is 1.58. The van der Waals surface area contributed by atoms with Crippen LogP contribution in [0.5, 0.6) is 0 Å². The van der Waals surface area contributed by atoms with E-state index in [1.807, 2.05) is 25.3 Å². The van der Waals surface area contributed by atoms with Crippen molar-refractivity contribution in [3.8, 4) is 11.1 Å². The number of fused-ring (bicyclic) bond motifs is 1. The van der Waals surface area contributed by atoms with Crippen LogP contribution in [0.25, 0.3) is 16.8 Å². The highest BCUT2D eigenvalue weighted by atomic mass is 19.1. The molecule has 0 bridgehead atoms. The molecule has 0 aliphatic heterocycles. The SMILES string of the molecule is CCN=C1CCC(Nc2nc3c(-c4ccc(F)cc4)cccn3n2)CC1=CN. The lowest BCUT2D eigenvalue weighted by Gasteiger charge is -2.25. The van der Waals surface area contributed by atoms with E-state index in [0.29, 0.717) is 5.95 Å². The normalized spacial score (nSPS) is 20.1. The predicted octanol–water partition coefficient (Wildman–Crippen LogP) is 3.80. The number of aliphatic imine (C=N–C) groups is 1. The molecule has 0 radical (unpaired) electrons. The second kappa shape index (κ2) is 7.80. The van der Waals surface area contributed by atoms with Crippen molar-refractivity contribution in [2.24, 2.45) is 10.7 Å². The van der Waals surface area contributed by atoms with E-state index in [0.717, 1.165) is 53.9 Å². The molecule has 1 aromatic carbocycles. The van der Waals surface area contributed by atoms with Crippen LogP contribution in [0.4, 0.5) is 10.3 Å². The number of halogens is 1. The number of nitrogens with two attached hydrogens (primary N) is 1. The van der Waals surface area contributed by atoms with Crippen molar-refractivity contribution < 1.29 is 4.39 Å². The molecule has 1 saturated carbocycles. The topological polar surface area (TPSA) is 80.6 Å². The number of aromatic nitrogens is 3. The number of hydrogen-bond acceptors (Lipinski definition) is 5. The van der Waals surface area contributed by atoms with Crippen molar-refractivity contribution in [3.63, 3.8) is 0 Å². The molecule has 0 saturated heterocycles. The van der Waals surface area contributed by atoms with Gasteiger partial charge in [0, 0.05) is 30.1 Å². The quantitative estimate of drug-likeness (QED) is 0.724. The molecule has 1 aliphatic rings. The molecule has 7 heteroatoms. The molecule has 0 amide bonds. The minimum Gasteiger partial charge on any atom is -0.404 e. The van der Waals surface area contributed by atoms with E-state index in [1.54, 1.807) is 22.8 Å². The van der Waals surface area contributed by atoms with Gasteiger partial charge < -0.3 is 11.1 Å². The smallest absolute Gasteiger partial charge is 0.243 e. The highest BCUT2D eigenvalue weighted by Crippen LogP contribution is 2.26. The lowest BCUT2D eigenvalue weighted by Crippen LogP contribution is -2.29.